The average molecular weight is 410 g/mol. The Hall–Kier alpha value is -2.08. The number of nitro benzene ring substituents is 1. The fourth-order valence-electron chi connectivity index (χ4n) is 3.10. The average Bonchev–Trinajstić information content (AvgIpc) is 2.84. The van der Waals surface area contributed by atoms with Crippen molar-refractivity contribution >= 4 is 15.7 Å². The number of sulfonamides is 1. The molecular weight excluding hydrogens is 393 g/mol. The molecule has 150 valence electrons. The van der Waals surface area contributed by atoms with E-state index in [2.05, 4.69) is 0 Å². The maximum Gasteiger partial charge on any atom is 0.393 e. The van der Waals surface area contributed by atoms with Gasteiger partial charge in [0, 0.05) is 25.6 Å². The molecule has 0 aromatic heterocycles. The fourth-order valence-corrected chi connectivity index (χ4v) is 4.77. The molecule has 0 unspecified atom stereocenters. The molecule has 27 heavy (non-hydrogen) atoms. The molecule has 2 heterocycles. The highest BCUT2D eigenvalue weighted by Crippen LogP contribution is 2.41. The molecule has 1 fully saturated rings. The van der Waals surface area contributed by atoms with Crippen molar-refractivity contribution < 1.29 is 36.0 Å². The maximum absolute atomic E-state index is 13.0. The number of piperidine rings is 1. The highest BCUT2D eigenvalue weighted by atomic mass is 32.2. The van der Waals surface area contributed by atoms with Crippen LogP contribution in [0.1, 0.15) is 19.3 Å². The largest absolute Gasteiger partial charge is 0.490 e. The molecule has 1 saturated heterocycles. The molecule has 1 aromatic rings. The molecule has 1 atom stereocenters. The first kappa shape index (κ1) is 19.7. The molecule has 0 saturated carbocycles. The van der Waals surface area contributed by atoms with Crippen molar-refractivity contribution in [2.24, 2.45) is 5.92 Å². The van der Waals surface area contributed by atoms with Gasteiger partial charge in [-0.25, -0.2) is 8.42 Å². The van der Waals surface area contributed by atoms with E-state index in [1.165, 1.54) is 0 Å². The monoisotopic (exact) mass is 410 g/mol. The molecule has 0 radical (unpaired) electrons. The van der Waals surface area contributed by atoms with Crippen LogP contribution in [0.3, 0.4) is 0 Å². The van der Waals surface area contributed by atoms with Gasteiger partial charge in [-0.15, -0.1) is 0 Å². The first-order valence-electron chi connectivity index (χ1n) is 8.25. The van der Waals surface area contributed by atoms with Crippen LogP contribution in [0.4, 0.5) is 18.9 Å². The summed E-state index contributed by atoms with van der Waals surface area (Å²) in [4.78, 5) is 9.80. The lowest BCUT2D eigenvalue weighted by molar-refractivity contribution is -0.388. The number of fused-ring (bicyclic) bond motifs is 1. The van der Waals surface area contributed by atoms with E-state index in [0.29, 0.717) is 10.7 Å². The molecule has 0 bridgehead atoms. The van der Waals surface area contributed by atoms with Crippen LogP contribution >= 0.6 is 0 Å². The summed E-state index contributed by atoms with van der Waals surface area (Å²) in [6.07, 6.45) is -4.20. The SMILES string of the molecule is O=[N+]([O-])c1cc2c(cc1S(=O)(=O)N1CCC[C@@H](C(F)(F)F)C1)OCCCO2. The number of nitrogens with zero attached hydrogens (tertiary/aromatic N) is 2. The van der Waals surface area contributed by atoms with Crippen LogP contribution in [0.5, 0.6) is 11.5 Å². The van der Waals surface area contributed by atoms with E-state index in [1.807, 2.05) is 0 Å². The molecule has 2 aliphatic heterocycles. The molecule has 3 rings (SSSR count). The van der Waals surface area contributed by atoms with Crippen molar-refractivity contribution in [3.63, 3.8) is 0 Å². The van der Waals surface area contributed by atoms with Crippen LogP contribution in [-0.4, -0.2) is 50.1 Å². The first-order chi connectivity index (χ1) is 12.6. The van der Waals surface area contributed by atoms with E-state index in [4.69, 9.17) is 9.47 Å². The lowest BCUT2D eigenvalue weighted by Crippen LogP contribution is -2.44. The van der Waals surface area contributed by atoms with Crippen molar-refractivity contribution in [2.45, 2.75) is 30.3 Å². The maximum atomic E-state index is 13.0. The van der Waals surface area contributed by atoms with E-state index < -0.39 is 44.2 Å². The Bertz CT molecular complexity index is 843. The van der Waals surface area contributed by atoms with Gasteiger partial charge in [0.25, 0.3) is 5.69 Å². The molecule has 2 aliphatic rings. The summed E-state index contributed by atoms with van der Waals surface area (Å²) >= 11 is 0. The summed E-state index contributed by atoms with van der Waals surface area (Å²) in [6.45, 7) is -0.433. The van der Waals surface area contributed by atoms with Gasteiger partial charge >= 0.3 is 6.18 Å². The van der Waals surface area contributed by atoms with Crippen LogP contribution in [0.25, 0.3) is 0 Å². The molecule has 0 spiro atoms. The van der Waals surface area contributed by atoms with Gasteiger partial charge in [0.2, 0.25) is 10.0 Å². The van der Waals surface area contributed by atoms with E-state index in [9.17, 15) is 31.7 Å². The van der Waals surface area contributed by atoms with Crippen LogP contribution in [0.15, 0.2) is 17.0 Å². The standard InChI is InChI=1S/C15H17F3N2O6S/c16-15(17,18)10-3-1-4-19(9-10)27(23,24)14-8-13-12(7-11(14)20(21)22)25-5-2-6-26-13/h7-8,10H,1-6,9H2/t10-/m1/s1. The van der Waals surface area contributed by atoms with Crippen molar-refractivity contribution in [3.05, 3.63) is 22.2 Å². The van der Waals surface area contributed by atoms with E-state index in [-0.39, 0.29) is 44.1 Å². The highest BCUT2D eigenvalue weighted by molar-refractivity contribution is 7.89. The topological polar surface area (TPSA) is 99.0 Å². The number of benzene rings is 1. The molecule has 1 aromatic carbocycles. The zero-order valence-corrected chi connectivity index (χ0v) is 14.9. The van der Waals surface area contributed by atoms with E-state index in [0.717, 1.165) is 12.1 Å². The lowest BCUT2D eigenvalue weighted by atomic mass is 9.99. The van der Waals surface area contributed by atoms with Gasteiger partial charge in [-0.2, -0.15) is 17.5 Å². The molecule has 8 nitrogen and oxygen atoms in total. The number of hydrogen-bond acceptors (Lipinski definition) is 6. The van der Waals surface area contributed by atoms with Crippen LogP contribution in [0, 0.1) is 16.0 Å². The highest BCUT2D eigenvalue weighted by Gasteiger charge is 2.45. The Morgan fingerprint density at radius 1 is 1.15 bits per heavy atom. The number of alkyl halides is 3. The fraction of sp³-hybridized carbons (Fsp3) is 0.600. The number of ether oxygens (including phenoxy) is 2. The Labute approximate surface area is 153 Å². The molecule has 0 amide bonds. The minimum absolute atomic E-state index is 0.0149. The second-order valence-electron chi connectivity index (χ2n) is 6.32. The summed E-state index contributed by atoms with van der Waals surface area (Å²) in [6, 6.07) is 1.91. The molecule has 0 N–H and O–H groups in total. The number of halogens is 3. The number of hydrogen-bond donors (Lipinski definition) is 0. The quantitative estimate of drug-likeness (QED) is 0.561. The second-order valence-corrected chi connectivity index (χ2v) is 8.22. The lowest BCUT2D eigenvalue weighted by Gasteiger charge is -2.32. The Kier molecular flexibility index (Phi) is 5.21. The minimum Gasteiger partial charge on any atom is -0.490 e. The Morgan fingerprint density at radius 3 is 2.37 bits per heavy atom. The van der Waals surface area contributed by atoms with Gasteiger partial charge in [0.1, 0.15) is 0 Å². The summed E-state index contributed by atoms with van der Waals surface area (Å²) in [5.41, 5.74) is -0.756. The molecule has 0 aliphatic carbocycles. The van der Waals surface area contributed by atoms with Crippen molar-refractivity contribution in [1.82, 2.24) is 4.31 Å². The van der Waals surface area contributed by atoms with Gasteiger partial charge in [0.05, 0.1) is 30.1 Å². The van der Waals surface area contributed by atoms with Gasteiger partial charge in [0.15, 0.2) is 16.4 Å². The van der Waals surface area contributed by atoms with E-state index in [1.54, 1.807) is 0 Å². The zero-order chi connectivity index (χ0) is 19.8. The Balaban J connectivity index is 2.03. The van der Waals surface area contributed by atoms with Crippen molar-refractivity contribution in [1.29, 1.82) is 0 Å². The van der Waals surface area contributed by atoms with Gasteiger partial charge in [-0.1, -0.05) is 0 Å². The van der Waals surface area contributed by atoms with Gasteiger partial charge < -0.3 is 9.47 Å². The van der Waals surface area contributed by atoms with Crippen LogP contribution < -0.4 is 9.47 Å². The smallest absolute Gasteiger partial charge is 0.393 e. The molecular formula is C15H17F3N2O6S. The second kappa shape index (κ2) is 7.15. The first-order valence-corrected chi connectivity index (χ1v) is 9.69. The third-order valence-corrected chi connectivity index (χ3v) is 6.38. The Morgan fingerprint density at radius 2 is 1.78 bits per heavy atom. The normalized spacial score (nSPS) is 21.5. The van der Waals surface area contributed by atoms with Gasteiger partial charge in [-0.05, 0) is 12.8 Å². The third kappa shape index (κ3) is 3.95. The van der Waals surface area contributed by atoms with E-state index >= 15 is 0 Å². The van der Waals surface area contributed by atoms with Crippen LogP contribution in [0.2, 0.25) is 0 Å². The summed E-state index contributed by atoms with van der Waals surface area (Å²) in [5.74, 6) is -1.76. The predicted octanol–water partition coefficient (Wildman–Crippen LogP) is 2.72. The summed E-state index contributed by atoms with van der Waals surface area (Å²) < 4.78 is 76.2. The summed E-state index contributed by atoms with van der Waals surface area (Å²) in [7, 11) is -4.52. The van der Waals surface area contributed by atoms with Crippen LogP contribution in [-0.2, 0) is 10.0 Å². The van der Waals surface area contributed by atoms with Gasteiger partial charge in [-0.3, -0.25) is 10.1 Å². The summed E-state index contributed by atoms with van der Waals surface area (Å²) in [5, 5.41) is 11.4. The number of nitro groups is 1. The third-order valence-electron chi connectivity index (χ3n) is 4.49. The van der Waals surface area contributed by atoms with Crippen molar-refractivity contribution in [3.8, 4) is 11.5 Å². The predicted molar refractivity (Wildman–Crippen MR) is 86.2 cm³/mol. The molecule has 12 heteroatoms. The number of rotatable bonds is 3. The minimum atomic E-state index is -4.54. The zero-order valence-electron chi connectivity index (χ0n) is 14.1. The van der Waals surface area contributed by atoms with Crippen molar-refractivity contribution in [2.75, 3.05) is 26.3 Å².